The first-order valence-electron chi connectivity index (χ1n) is 7.65. The SMILES string of the molecule is COCC(=O)N1CCC[C@H]1c1ncc(Cc2cccc(Cl)c2)o1. The number of hydrogen-bond acceptors (Lipinski definition) is 4. The van der Waals surface area contributed by atoms with Crippen molar-refractivity contribution in [2.24, 2.45) is 0 Å². The van der Waals surface area contributed by atoms with Gasteiger partial charge in [-0.2, -0.15) is 0 Å². The molecule has 23 heavy (non-hydrogen) atoms. The Kier molecular flexibility index (Phi) is 4.98. The van der Waals surface area contributed by atoms with Gasteiger partial charge in [0, 0.05) is 25.1 Å². The van der Waals surface area contributed by atoms with E-state index in [2.05, 4.69) is 4.98 Å². The van der Waals surface area contributed by atoms with E-state index in [1.54, 1.807) is 11.1 Å². The minimum atomic E-state index is -0.0919. The topological polar surface area (TPSA) is 55.6 Å². The molecule has 1 fully saturated rings. The number of rotatable bonds is 5. The minimum absolute atomic E-state index is 0.0235. The predicted octanol–water partition coefficient (Wildman–Crippen LogP) is 3.23. The average Bonchev–Trinajstić information content (AvgIpc) is 3.16. The van der Waals surface area contributed by atoms with Gasteiger partial charge < -0.3 is 14.1 Å². The van der Waals surface area contributed by atoms with Crippen LogP contribution in [0.2, 0.25) is 5.02 Å². The van der Waals surface area contributed by atoms with Crippen molar-refractivity contribution >= 4 is 17.5 Å². The zero-order valence-corrected chi connectivity index (χ0v) is 13.8. The van der Waals surface area contributed by atoms with E-state index in [1.165, 1.54) is 7.11 Å². The molecule has 1 aliphatic heterocycles. The molecule has 1 aromatic heterocycles. The summed E-state index contributed by atoms with van der Waals surface area (Å²) in [5, 5.41) is 0.703. The summed E-state index contributed by atoms with van der Waals surface area (Å²) in [6.07, 6.45) is 4.18. The number of carbonyl (C=O) groups is 1. The third kappa shape index (κ3) is 3.74. The fourth-order valence-electron chi connectivity index (χ4n) is 2.93. The second-order valence-corrected chi connectivity index (χ2v) is 6.09. The zero-order chi connectivity index (χ0) is 16.2. The smallest absolute Gasteiger partial charge is 0.249 e. The molecule has 1 amide bonds. The summed E-state index contributed by atoms with van der Waals surface area (Å²) >= 11 is 6.00. The molecule has 122 valence electrons. The van der Waals surface area contributed by atoms with Gasteiger partial charge in [0.15, 0.2) is 0 Å². The first kappa shape index (κ1) is 16.0. The van der Waals surface area contributed by atoms with E-state index in [9.17, 15) is 4.79 Å². The Morgan fingerprint density at radius 3 is 3.17 bits per heavy atom. The summed E-state index contributed by atoms with van der Waals surface area (Å²) < 4.78 is 10.8. The van der Waals surface area contributed by atoms with E-state index in [4.69, 9.17) is 20.8 Å². The lowest BCUT2D eigenvalue weighted by atomic mass is 10.1. The van der Waals surface area contributed by atoms with Crippen molar-refractivity contribution in [2.45, 2.75) is 25.3 Å². The summed E-state index contributed by atoms with van der Waals surface area (Å²) in [7, 11) is 1.53. The molecular formula is C17H19ClN2O3. The number of aromatic nitrogens is 1. The van der Waals surface area contributed by atoms with Gasteiger partial charge in [-0.15, -0.1) is 0 Å². The van der Waals surface area contributed by atoms with Gasteiger partial charge in [-0.1, -0.05) is 23.7 Å². The molecule has 1 aromatic carbocycles. The molecule has 0 bridgehead atoms. The van der Waals surface area contributed by atoms with Gasteiger partial charge in [0.05, 0.1) is 6.20 Å². The molecule has 0 saturated carbocycles. The number of halogens is 1. The largest absolute Gasteiger partial charge is 0.443 e. The Labute approximate surface area is 140 Å². The molecule has 0 N–H and O–H groups in total. The molecule has 1 aliphatic rings. The summed E-state index contributed by atoms with van der Waals surface area (Å²) in [6, 6.07) is 7.57. The lowest BCUT2D eigenvalue weighted by Gasteiger charge is -2.21. The van der Waals surface area contributed by atoms with Crippen molar-refractivity contribution in [3.63, 3.8) is 0 Å². The van der Waals surface area contributed by atoms with Crippen LogP contribution < -0.4 is 0 Å². The summed E-state index contributed by atoms with van der Waals surface area (Å²) in [5.74, 6) is 1.35. The Hall–Kier alpha value is -1.85. The van der Waals surface area contributed by atoms with Crippen LogP contribution in [0, 0.1) is 0 Å². The molecule has 6 heteroatoms. The van der Waals surface area contributed by atoms with E-state index >= 15 is 0 Å². The third-order valence-corrected chi connectivity index (χ3v) is 4.20. The van der Waals surface area contributed by atoms with E-state index in [0.29, 0.717) is 17.3 Å². The molecule has 1 saturated heterocycles. The van der Waals surface area contributed by atoms with E-state index in [-0.39, 0.29) is 18.6 Å². The van der Waals surface area contributed by atoms with Crippen LogP contribution in [0.25, 0.3) is 0 Å². The third-order valence-electron chi connectivity index (χ3n) is 3.96. The summed E-state index contributed by atoms with van der Waals surface area (Å²) in [4.78, 5) is 18.2. The number of methoxy groups -OCH3 is 1. The second-order valence-electron chi connectivity index (χ2n) is 5.65. The van der Waals surface area contributed by atoms with Crippen LogP contribution in [0.15, 0.2) is 34.9 Å². The number of benzene rings is 1. The van der Waals surface area contributed by atoms with E-state index in [1.807, 2.05) is 24.3 Å². The lowest BCUT2D eigenvalue weighted by Crippen LogP contribution is -2.33. The number of oxazole rings is 1. The van der Waals surface area contributed by atoms with Crippen molar-refractivity contribution in [3.05, 3.63) is 52.7 Å². The van der Waals surface area contributed by atoms with Crippen LogP contribution >= 0.6 is 11.6 Å². The zero-order valence-electron chi connectivity index (χ0n) is 13.0. The van der Waals surface area contributed by atoms with E-state index < -0.39 is 0 Å². The number of likely N-dealkylation sites (tertiary alicyclic amines) is 1. The highest BCUT2D eigenvalue weighted by atomic mass is 35.5. The van der Waals surface area contributed by atoms with Crippen LogP contribution in [-0.2, 0) is 16.0 Å². The van der Waals surface area contributed by atoms with Gasteiger partial charge in [-0.25, -0.2) is 4.98 Å². The van der Waals surface area contributed by atoms with E-state index in [0.717, 1.165) is 30.7 Å². The molecule has 1 atom stereocenters. The van der Waals surface area contributed by atoms with Gasteiger partial charge in [0.25, 0.3) is 0 Å². The van der Waals surface area contributed by atoms with Crippen molar-refractivity contribution in [2.75, 3.05) is 20.3 Å². The summed E-state index contributed by atoms with van der Waals surface area (Å²) in [5.41, 5.74) is 1.07. The molecule has 2 aromatic rings. The van der Waals surface area contributed by atoms with Crippen LogP contribution in [0.5, 0.6) is 0 Å². The van der Waals surface area contributed by atoms with Gasteiger partial charge in [-0.05, 0) is 30.5 Å². The van der Waals surface area contributed by atoms with Crippen LogP contribution in [0.1, 0.15) is 36.1 Å². The fraction of sp³-hybridized carbons (Fsp3) is 0.412. The Morgan fingerprint density at radius 1 is 1.52 bits per heavy atom. The highest BCUT2D eigenvalue weighted by Gasteiger charge is 2.33. The number of hydrogen-bond donors (Lipinski definition) is 0. The molecular weight excluding hydrogens is 316 g/mol. The summed E-state index contributed by atoms with van der Waals surface area (Å²) in [6.45, 7) is 0.811. The molecule has 5 nitrogen and oxygen atoms in total. The number of amides is 1. The fourth-order valence-corrected chi connectivity index (χ4v) is 3.15. The average molecular weight is 335 g/mol. The first-order valence-corrected chi connectivity index (χ1v) is 8.02. The number of nitrogens with zero attached hydrogens (tertiary/aromatic N) is 2. The van der Waals surface area contributed by atoms with Gasteiger partial charge in [0.2, 0.25) is 11.8 Å². The highest BCUT2D eigenvalue weighted by Crippen LogP contribution is 2.32. The van der Waals surface area contributed by atoms with Crippen molar-refractivity contribution in [3.8, 4) is 0 Å². The van der Waals surface area contributed by atoms with Crippen molar-refractivity contribution < 1.29 is 13.9 Å². The lowest BCUT2D eigenvalue weighted by molar-refractivity contribution is -0.136. The normalized spacial score (nSPS) is 17.7. The number of ether oxygens (including phenoxy) is 1. The monoisotopic (exact) mass is 334 g/mol. The molecule has 3 rings (SSSR count). The number of carbonyl (C=O) groups excluding carboxylic acids is 1. The predicted molar refractivity (Wildman–Crippen MR) is 86.3 cm³/mol. The molecule has 0 radical (unpaired) electrons. The Balaban J connectivity index is 1.72. The van der Waals surface area contributed by atoms with Gasteiger partial charge >= 0.3 is 0 Å². The Morgan fingerprint density at radius 2 is 2.39 bits per heavy atom. The highest BCUT2D eigenvalue weighted by molar-refractivity contribution is 6.30. The maximum absolute atomic E-state index is 12.1. The molecule has 0 spiro atoms. The quantitative estimate of drug-likeness (QED) is 0.842. The van der Waals surface area contributed by atoms with Gasteiger partial charge in [0.1, 0.15) is 18.4 Å². The van der Waals surface area contributed by atoms with Crippen molar-refractivity contribution in [1.82, 2.24) is 9.88 Å². The maximum atomic E-state index is 12.1. The van der Waals surface area contributed by atoms with Crippen LogP contribution in [-0.4, -0.2) is 36.1 Å². The minimum Gasteiger partial charge on any atom is -0.443 e. The van der Waals surface area contributed by atoms with Crippen molar-refractivity contribution in [1.29, 1.82) is 0 Å². The molecule has 0 aliphatic carbocycles. The molecule has 0 unspecified atom stereocenters. The van der Waals surface area contributed by atoms with Gasteiger partial charge in [-0.3, -0.25) is 4.79 Å². The second kappa shape index (κ2) is 7.15. The van der Waals surface area contributed by atoms with Crippen LogP contribution in [0.4, 0.5) is 0 Å². The Bertz CT molecular complexity index is 686. The standard InChI is InChI=1S/C17H19ClN2O3/c1-22-11-16(21)20-7-3-6-15(20)17-19-10-14(23-17)9-12-4-2-5-13(18)8-12/h2,4-5,8,10,15H,3,6-7,9,11H2,1H3/t15-/m0/s1. The maximum Gasteiger partial charge on any atom is 0.249 e. The molecule has 2 heterocycles. The first-order chi connectivity index (χ1) is 11.2. The van der Waals surface area contributed by atoms with Crippen LogP contribution in [0.3, 0.4) is 0 Å².